The summed E-state index contributed by atoms with van der Waals surface area (Å²) >= 11 is 5.94. The molecule has 0 saturated heterocycles. The van der Waals surface area contributed by atoms with Crippen LogP contribution in [0.3, 0.4) is 0 Å². The molecule has 1 aromatic carbocycles. The van der Waals surface area contributed by atoms with E-state index in [0.717, 1.165) is 12.8 Å². The first kappa shape index (κ1) is 16.5. The molecule has 2 N–H and O–H groups in total. The van der Waals surface area contributed by atoms with Crippen LogP contribution in [0.1, 0.15) is 38.3 Å². The van der Waals surface area contributed by atoms with Crippen molar-refractivity contribution in [1.29, 1.82) is 0 Å². The molecule has 0 saturated carbocycles. The van der Waals surface area contributed by atoms with Crippen molar-refractivity contribution >= 4 is 24.0 Å². The molecule has 0 fully saturated rings. The lowest BCUT2D eigenvalue weighted by Crippen LogP contribution is -2.10. The minimum atomic E-state index is -0.448. The van der Waals surface area contributed by atoms with E-state index in [4.69, 9.17) is 22.1 Å². The first-order valence-electron chi connectivity index (χ1n) is 5.47. The third kappa shape index (κ3) is 4.34. The van der Waals surface area contributed by atoms with Crippen LogP contribution in [0.25, 0.3) is 0 Å². The average molecular weight is 282 g/mol. The van der Waals surface area contributed by atoms with E-state index < -0.39 is 5.82 Å². The van der Waals surface area contributed by atoms with Crippen LogP contribution >= 0.6 is 24.0 Å². The SMILES string of the molecule is CCC[C@@H](N)c1cc(F)c(OCC)c(Cl)c1.Cl. The van der Waals surface area contributed by atoms with E-state index in [-0.39, 0.29) is 29.2 Å². The standard InChI is InChI=1S/C12H17ClFNO.ClH/c1-3-5-11(15)8-6-9(13)12(16-4-2)10(14)7-8;/h6-7,11H,3-5,15H2,1-2H3;1H/t11-;/m1./s1. The van der Waals surface area contributed by atoms with Crippen molar-refractivity contribution in [2.75, 3.05) is 6.61 Å². The number of hydrogen-bond donors (Lipinski definition) is 1. The van der Waals surface area contributed by atoms with Gasteiger partial charge in [0.1, 0.15) is 0 Å². The molecule has 0 amide bonds. The van der Waals surface area contributed by atoms with Crippen LogP contribution in [0.2, 0.25) is 5.02 Å². The summed E-state index contributed by atoms with van der Waals surface area (Å²) in [6.07, 6.45) is 1.76. The van der Waals surface area contributed by atoms with Gasteiger partial charge in [-0.3, -0.25) is 0 Å². The quantitative estimate of drug-likeness (QED) is 0.882. The van der Waals surface area contributed by atoms with Crippen LogP contribution in [0, 0.1) is 5.82 Å². The zero-order chi connectivity index (χ0) is 12.1. The molecule has 0 aromatic heterocycles. The van der Waals surface area contributed by atoms with Crippen molar-refractivity contribution < 1.29 is 9.13 Å². The van der Waals surface area contributed by atoms with E-state index >= 15 is 0 Å². The molecule has 0 aliphatic carbocycles. The van der Waals surface area contributed by atoms with Gasteiger partial charge in [-0.1, -0.05) is 24.9 Å². The summed E-state index contributed by atoms with van der Waals surface area (Å²) in [7, 11) is 0. The molecule has 1 rings (SSSR count). The molecule has 2 nitrogen and oxygen atoms in total. The maximum Gasteiger partial charge on any atom is 0.173 e. The summed E-state index contributed by atoms with van der Waals surface area (Å²) in [5.41, 5.74) is 6.62. The monoisotopic (exact) mass is 281 g/mol. The maximum absolute atomic E-state index is 13.6. The summed E-state index contributed by atoms with van der Waals surface area (Å²) in [6.45, 7) is 4.20. The van der Waals surface area contributed by atoms with Crippen molar-refractivity contribution in [3.05, 3.63) is 28.5 Å². The van der Waals surface area contributed by atoms with Gasteiger partial charge in [0, 0.05) is 6.04 Å². The smallest absolute Gasteiger partial charge is 0.173 e. The summed E-state index contributed by atoms with van der Waals surface area (Å²) in [4.78, 5) is 0. The Bertz CT molecular complexity index is 337. The van der Waals surface area contributed by atoms with E-state index in [1.54, 1.807) is 13.0 Å². The number of hydrogen-bond acceptors (Lipinski definition) is 2. The lowest BCUT2D eigenvalue weighted by Gasteiger charge is -2.14. The van der Waals surface area contributed by atoms with Crippen LogP contribution in [0.15, 0.2) is 12.1 Å². The van der Waals surface area contributed by atoms with Crippen molar-refractivity contribution in [1.82, 2.24) is 0 Å². The first-order chi connectivity index (χ1) is 7.60. The molecule has 5 heteroatoms. The molecule has 0 aliphatic rings. The predicted octanol–water partition coefficient (Wildman–Crippen LogP) is 4.10. The molecule has 1 atom stereocenters. The minimum Gasteiger partial charge on any atom is -0.489 e. The summed E-state index contributed by atoms with van der Waals surface area (Å²) in [5.74, 6) is -0.340. The van der Waals surface area contributed by atoms with Gasteiger partial charge in [-0.25, -0.2) is 4.39 Å². The van der Waals surface area contributed by atoms with Crippen LogP contribution in [-0.4, -0.2) is 6.61 Å². The van der Waals surface area contributed by atoms with E-state index in [1.165, 1.54) is 6.07 Å². The van der Waals surface area contributed by atoms with Gasteiger partial charge in [0.05, 0.1) is 11.6 Å². The van der Waals surface area contributed by atoms with Crippen molar-refractivity contribution in [2.45, 2.75) is 32.7 Å². The highest BCUT2D eigenvalue weighted by atomic mass is 35.5. The van der Waals surface area contributed by atoms with Gasteiger partial charge < -0.3 is 10.5 Å². The molecule has 1 aromatic rings. The molecule has 0 heterocycles. The Labute approximate surface area is 113 Å². The average Bonchev–Trinajstić information content (AvgIpc) is 2.23. The third-order valence-electron chi connectivity index (χ3n) is 2.34. The Kier molecular flexibility index (Phi) is 7.51. The Hall–Kier alpha value is -0.510. The lowest BCUT2D eigenvalue weighted by atomic mass is 10.0. The third-order valence-corrected chi connectivity index (χ3v) is 2.62. The molecule has 17 heavy (non-hydrogen) atoms. The zero-order valence-corrected chi connectivity index (χ0v) is 11.6. The summed E-state index contributed by atoms with van der Waals surface area (Å²) in [6, 6.07) is 2.90. The van der Waals surface area contributed by atoms with Crippen LogP contribution in [0.5, 0.6) is 5.75 Å². The van der Waals surface area contributed by atoms with Crippen LogP contribution < -0.4 is 10.5 Å². The Morgan fingerprint density at radius 3 is 2.53 bits per heavy atom. The number of nitrogens with two attached hydrogens (primary N) is 1. The zero-order valence-electron chi connectivity index (χ0n) is 10.0. The molecule has 0 radical (unpaired) electrons. The Morgan fingerprint density at radius 2 is 2.06 bits per heavy atom. The second-order valence-corrected chi connectivity index (χ2v) is 4.05. The molecule has 0 unspecified atom stereocenters. The maximum atomic E-state index is 13.6. The Balaban J connectivity index is 0.00000256. The molecular weight excluding hydrogens is 264 g/mol. The molecular formula is C12H18Cl2FNO. The predicted molar refractivity (Wildman–Crippen MR) is 71.7 cm³/mol. The first-order valence-corrected chi connectivity index (χ1v) is 5.85. The van der Waals surface area contributed by atoms with Crippen molar-refractivity contribution in [3.8, 4) is 5.75 Å². The van der Waals surface area contributed by atoms with Gasteiger partial charge >= 0.3 is 0 Å². The summed E-state index contributed by atoms with van der Waals surface area (Å²) in [5, 5.41) is 0.281. The minimum absolute atomic E-state index is 0. The second kappa shape index (κ2) is 7.75. The highest BCUT2D eigenvalue weighted by Crippen LogP contribution is 2.31. The summed E-state index contributed by atoms with van der Waals surface area (Å²) < 4.78 is 18.7. The van der Waals surface area contributed by atoms with Crippen molar-refractivity contribution in [2.24, 2.45) is 5.73 Å². The van der Waals surface area contributed by atoms with E-state index in [2.05, 4.69) is 0 Å². The van der Waals surface area contributed by atoms with Gasteiger partial charge in [-0.15, -0.1) is 12.4 Å². The highest BCUT2D eigenvalue weighted by molar-refractivity contribution is 6.32. The molecule has 0 bridgehead atoms. The van der Waals surface area contributed by atoms with Gasteiger partial charge in [-0.05, 0) is 31.0 Å². The number of benzene rings is 1. The fraction of sp³-hybridized carbons (Fsp3) is 0.500. The molecule has 0 aliphatic heterocycles. The molecule has 0 spiro atoms. The van der Waals surface area contributed by atoms with E-state index in [0.29, 0.717) is 12.2 Å². The van der Waals surface area contributed by atoms with Gasteiger partial charge in [0.15, 0.2) is 11.6 Å². The van der Waals surface area contributed by atoms with Gasteiger partial charge in [-0.2, -0.15) is 0 Å². The molecule has 98 valence electrons. The van der Waals surface area contributed by atoms with Gasteiger partial charge in [0.25, 0.3) is 0 Å². The highest BCUT2D eigenvalue weighted by Gasteiger charge is 2.14. The normalized spacial score (nSPS) is 11.8. The number of rotatable bonds is 5. The topological polar surface area (TPSA) is 35.2 Å². The number of ether oxygens (including phenoxy) is 1. The Morgan fingerprint density at radius 1 is 1.41 bits per heavy atom. The fourth-order valence-electron chi connectivity index (χ4n) is 1.55. The van der Waals surface area contributed by atoms with Crippen molar-refractivity contribution in [3.63, 3.8) is 0 Å². The second-order valence-electron chi connectivity index (χ2n) is 3.64. The van der Waals surface area contributed by atoms with E-state index in [9.17, 15) is 4.39 Å². The van der Waals surface area contributed by atoms with E-state index in [1.807, 2.05) is 6.92 Å². The largest absolute Gasteiger partial charge is 0.489 e. The number of halogens is 3. The van der Waals surface area contributed by atoms with Crippen LogP contribution in [-0.2, 0) is 0 Å². The lowest BCUT2D eigenvalue weighted by molar-refractivity contribution is 0.321. The van der Waals surface area contributed by atoms with Crippen LogP contribution in [0.4, 0.5) is 4.39 Å². The fourth-order valence-corrected chi connectivity index (χ4v) is 1.82. The van der Waals surface area contributed by atoms with Gasteiger partial charge in [0.2, 0.25) is 0 Å².